The summed E-state index contributed by atoms with van der Waals surface area (Å²) in [4.78, 5) is 191. The number of hydrazone groups is 1. The Balaban J connectivity index is 0.0000237. The van der Waals surface area contributed by atoms with E-state index in [0.717, 1.165) is 28.5 Å². The zero-order chi connectivity index (χ0) is 105. The number of aliphatic carboxylic acids is 2. The van der Waals surface area contributed by atoms with Crippen LogP contribution in [0.2, 0.25) is 0 Å². The first kappa shape index (κ1) is 115. The van der Waals surface area contributed by atoms with Crippen LogP contribution in [0.15, 0.2) is 170 Å². The fraction of sp³-hybridized carbons (Fsp3) is 0.392. The first-order valence-corrected chi connectivity index (χ1v) is 51.0. The number of sulfonamides is 2. The molecule has 0 saturated carbocycles. The number of H-pyrrole nitrogens is 2. The van der Waals surface area contributed by atoms with Crippen molar-refractivity contribution >= 4 is 141 Å². The number of carboxylic acid groups (broad SMARTS) is 2. The Hall–Kier alpha value is -15.0. The van der Waals surface area contributed by atoms with E-state index < -0.39 is 131 Å². The maximum atomic E-state index is 14.0. The minimum absolute atomic E-state index is 0. The van der Waals surface area contributed by atoms with Gasteiger partial charge in [0.1, 0.15) is 40.0 Å². The van der Waals surface area contributed by atoms with Gasteiger partial charge in [0, 0.05) is 197 Å². The van der Waals surface area contributed by atoms with Gasteiger partial charge in [-0.3, -0.25) is 72.3 Å². The molecule has 0 radical (unpaired) electrons. The van der Waals surface area contributed by atoms with Crippen LogP contribution in [0, 0.1) is 41.5 Å². The summed E-state index contributed by atoms with van der Waals surface area (Å²) in [5, 5.41) is 54.8. The number of carbonyl (C=O) groups is 11. The fourth-order valence-electron chi connectivity index (χ4n) is 15.6. The van der Waals surface area contributed by atoms with Crippen molar-refractivity contribution in [2.24, 2.45) is 5.10 Å². The topological polar surface area (TPSA) is 664 Å². The van der Waals surface area contributed by atoms with Crippen LogP contribution in [0.4, 0.5) is 17.7 Å². The van der Waals surface area contributed by atoms with Gasteiger partial charge in [-0.15, -0.1) is 0 Å². The van der Waals surface area contributed by atoms with Crippen molar-refractivity contribution in [3.8, 4) is 0 Å². The molecule has 0 aliphatic carbocycles. The molecule has 10 aromatic rings. The van der Waals surface area contributed by atoms with Crippen molar-refractivity contribution < 1.29 is 102 Å². The van der Waals surface area contributed by atoms with Gasteiger partial charge in [0.15, 0.2) is 11.9 Å². The molecule has 19 N–H and O–H groups in total. The third kappa shape index (κ3) is 35.2. The standard InChI is InChI=1S/C96H120N22O24S3.CH4/c1-59-45-61(3)87(62(4)46-59)143(134,135)115-74(93(130)131)55-108-90(127)71-57-117(76-49-65(17-20-69(76)85(71)124)51-110-95-103-35-36-104-95)39-9-29-97-81(120)25-27-83(122)100-32-12-42-141-41-11-31-99-80(119)24-22-73(113-89(126)68-19-23-79(107-53-68)114-112-54-67-15-7-8-16-78(67)145(138,139)140)92(129)102-34-14-44-142-43-13-33-101-84(123)28-26-82(121)98-30-10-40-118-58-72(86(125)70-21-18-66(50-77(70)118)52-111-96-105-37-38-106-96)91(128)109-56-75(94(132)133)116-144(136,137)88-63(5)47-60(2)48-64(88)6;/h7-8,15-21,23,35-38,45-50,53-54,57-58,73-75,115-116H,9-14,22,24-34,39-44,51-52,55-56H2,1-6H3,(H,97,120)(H,98,121)(H,99,119)(H,100,122)(H,101,123)(H,102,129)(H,107,114)(H,108,127)(H,109,128)(H,113,126)(H,130,131)(H,132,133)(H2,103,104,110)(H2,105,106,111)(H,138,139,140);1H4/b112-54+;. The lowest BCUT2D eigenvalue weighted by molar-refractivity contribution is -0.139. The van der Waals surface area contributed by atoms with E-state index >= 15 is 0 Å². The van der Waals surface area contributed by atoms with Gasteiger partial charge in [-0.1, -0.05) is 73.2 Å². The van der Waals surface area contributed by atoms with Crippen LogP contribution >= 0.6 is 0 Å². The molecule has 3 unspecified atom stereocenters. The Morgan fingerprint density at radius 3 is 1.27 bits per heavy atom. The smallest absolute Gasteiger partial charge is 0.323 e. The molecule has 0 saturated heterocycles. The van der Waals surface area contributed by atoms with Crippen molar-refractivity contribution in [2.45, 2.75) is 185 Å². The molecule has 5 heterocycles. The van der Waals surface area contributed by atoms with Gasteiger partial charge in [-0.25, -0.2) is 31.8 Å². The molecule has 146 heavy (non-hydrogen) atoms. The molecule has 46 nitrogen and oxygen atoms in total. The van der Waals surface area contributed by atoms with E-state index in [9.17, 15) is 102 Å². The maximum absolute atomic E-state index is 14.0. The van der Waals surface area contributed by atoms with Crippen molar-refractivity contribution in [2.75, 3.05) is 94.8 Å². The van der Waals surface area contributed by atoms with E-state index in [-0.39, 0.29) is 204 Å². The number of anilines is 3. The van der Waals surface area contributed by atoms with Crippen LogP contribution in [0.5, 0.6) is 0 Å². The van der Waals surface area contributed by atoms with E-state index in [4.69, 9.17) is 9.47 Å². The predicted molar refractivity (Wildman–Crippen MR) is 543 cm³/mol. The van der Waals surface area contributed by atoms with E-state index in [2.05, 4.69) is 103 Å². The number of benzene rings is 5. The van der Waals surface area contributed by atoms with Crippen LogP contribution in [0.3, 0.4) is 0 Å². The van der Waals surface area contributed by atoms with Gasteiger partial charge >= 0.3 is 11.9 Å². The number of nitrogens with one attached hydrogen (secondary N) is 16. The first-order valence-electron chi connectivity index (χ1n) is 46.6. The Kier molecular flexibility index (Phi) is 43.7. The van der Waals surface area contributed by atoms with E-state index in [1.165, 1.54) is 48.9 Å². The Labute approximate surface area is 842 Å². The molecular formula is C97H124N22O24S3. The predicted octanol–water partition coefficient (Wildman–Crippen LogP) is 4.79. The summed E-state index contributed by atoms with van der Waals surface area (Å²) in [5.74, 6) is -7.36. The molecule has 5 aromatic carbocycles. The number of fused-ring (bicyclic) bond motifs is 2. The van der Waals surface area contributed by atoms with E-state index in [1.54, 1.807) is 142 Å². The number of ether oxygens (including phenoxy) is 2. The summed E-state index contributed by atoms with van der Waals surface area (Å²) in [5.41, 5.74) is 6.16. The third-order valence-electron chi connectivity index (χ3n) is 22.5. The lowest BCUT2D eigenvalue weighted by atomic mass is 10.1. The lowest BCUT2D eigenvalue weighted by Crippen LogP contribution is -2.49. The van der Waals surface area contributed by atoms with Crippen molar-refractivity contribution in [1.29, 1.82) is 0 Å². The number of carbonyl (C=O) groups excluding carboxylic acids is 9. The second-order valence-electron chi connectivity index (χ2n) is 34.1. The number of carboxylic acids is 2. The molecule has 49 heteroatoms. The number of aryl methyl sites for hydroxylation is 8. The molecule has 0 bridgehead atoms. The zero-order valence-electron chi connectivity index (χ0n) is 80.7. The Morgan fingerprint density at radius 1 is 0.473 bits per heavy atom. The number of pyridine rings is 3. The highest BCUT2D eigenvalue weighted by Crippen LogP contribution is 2.26. The first-order chi connectivity index (χ1) is 69.2. The van der Waals surface area contributed by atoms with E-state index in [0.29, 0.717) is 77.4 Å². The molecular weight excluding hydrogens is 1950 g/mol. The average Bonchev–Trinajstić information content (AvgIpc) is 1.94. The maximum Gasteiger partial charge on any atom is 0.323 e. The van der Waals surface area contributed by atoms with Crippen molar-refractivity contribution in [1.82, 2.24) is 91.3 Å². The van der Waals surface area contributed by atoms with Crippen LogP contribution in [0.1, 0.15) is 166 Å². The summed E-state index contributed by atoms with van der Waals surface area (Å²) >= 11 is 0. The number of aromatic nitrogens is 7. The zero-order valence-corrected chi connectivity index (χ0v) is 83.2. The second kappa shape index (κ2) is 55.7. The molecule has 5 aromatic heterocycles. The summed E-state index contributed by atoms with van der Waals surface area (Å²) in [6.45, 7) is 11.2. The van der Waals surface area contributed by atoms with Crippen LogP contribution < -0.4 is 84.2 Å². The quantitative estimate of drug-likeness (QED) is 0.0105. The third-order valence-corrected chi connectivity index (χ3v) is 27.0. The number of hydrogen-bond acceptors (Lipinski definition) is 28. The fourth-order valence-corrected chi connectivity index (χ4v) is 19.6. The summed E-state index contributed by atoms with van der Waals surface area (Å²) < 4.78 is 107. The molecule has 0 aliphatic rings. The minimum Gasteiger partial charge on any atom is -0.480 e. The summed E-state index contributed by atoms with van der Waals surface area (Å²) in [6.07, 6.45) is 12.6. The monoisotopic (exact) mass is 2080 g/mol. The van der Waals surface area contributed by atoms with E-state index in [1.807, 2.05) is 0 Å². The molecule has 9 amide bonds. The average molecular weight is 2080 g/mol. The number of nitrogens with zero attached hydrogens (tertiary/aromatic N) is 6. The van der Waals surface area contributed by atoms with Gasteiger partial charge in [0.25, 0.3) is 27.8 Å². The largest absolute Gasteiger partial charge is 0.480 e. The molecule has 0 fully saturated rings. The van der Waals surface area contributed by atoms with Crippen LogP contribution in [0.25, 0.3) is 21.8 Å². The summed E-state index contributed by atoms with van der Waals surface area (Å²) in [6, 6.07) is 20.0. The van der Waals surface area contributed by atoms with Gasteiger partial charge in [-0.2, -0.15) is 23.0 Å². The lowest BCUT2D eigenvalue weighted by Gasteiger charge is -2.19. The number of amides is 9. The van der Waals surface area contributed by atoms with Crippen molar-refractivity contribution in [3.63, 3.8) is 0 Å². The van der Waals surface area contributed by atoms with Crippen LogP contribution in [-0.2, 0) is 104 Å². The number of aromatic amines is 2. The molecule has 0 spiro atoms. The molecule has 0 aliphatic heterocycles. The second-order valence-corrected chi connectivity index (χ2v) is 38.8. The number of imidazole rings is 2. The highest BCUT2D eigenvalue weighted by molar-refractivity contribution is 7.90. The SMILES string of the molecule is C.Cc1cc(C)c(S(=O)(=O)NC(CNC(=O)c2cn(CCCNC(=O)CCC(=O)NCCCOCCCNC(=O)CCC(NC(=O)c3ccc(N/N=C/c4ccccc4S(=O)(=O)O)nc3)C(=O)NCCCOCCCNC(=O)CCC(=O)NCCCn3cc(C(=O)NCC(NS(=O)(=O)c4c(C)cc(C)cc4C)C(=O)O)c(=O)c4ccc(CNc5ncc[nH]5)cc43)c3cc(CNc4ncc[nH]4)ccc3c2=O)C(=O)O)c(C)c1. The number of rotatable bonds is 60. The normalized spacial score (nSPS) is 12.1. The van der Waals surface area contributed by atoms with Gasteiger partial charge in [0.05, 0.1) is 32.6 Å². The molecule has 3 atom stereocenters. The minimum atomic E-state index is -4.57. The molecule has 784 valence electrons. The summed E-state index contributed by atoms with van der Waals surface area (Å²) in [7, 11) is -13.4. The highest BCUT2D eigenvalue weighted by Gasteiger charge is 2.33. The highest BCUT2D eigenvalue weighted by atomic mass is 32.2. The van der Waals surface area contributed by atoms with Gasteiger partial charge in [-0.05, 0) is 162 Å². The van der Waals surface area contributed by atoms with Crippen molar-refractivity contribution in [3.05, 3.63) is 228 Å². The Morgan fingerprint density at radius 2 is 0.877 bits per heavy atom. The number of hydrogen-bond donors (Lipinski definition) is 19. The molecule has 10 rings (SSSR count). The Bertz CT molecular complexity index is 6780. The van der Waals surface area contributed by atoms with Gasteiger partial charge in [0.2, 0.25) is 66.3 Å². The van der Waals surface area contributed by atoms with Crippen LogP contribution in [-0.4, -0.2) is 242 Å². The van der Waals surface area contributed by atoms with Gasteiger partial charge < -0.3 is 97.3 Å².